The van der Waals surface area contributed by atoms with Crippen molar-refractivity contribution in [2.75, 3.05) is 32.7 Å². The number of hydrogen-bond acceptors (Lipinski definition) is 5. The molecule has 2 fully saturated rings. The quantitative estimate of drug-likeness (QED) is 0.800. The van der Waals surface area contributed by atoms with Gasteiger partial charge in [0.05, 0.1) is 30.5 Å². The van der Waals surface area contributed by atoms with Crippen LogP contribution in [0.1, 0.15) is 40.6 Å². The van der Waals surface area contributed by atoms with Gasteiger partial charge in [-0.2, -0.15) is 5.10 Å². The monoisotopic (exact) mass is 399 g/mol. The molecule has 2 saturated heterocycles. The molecule has 2 N–H and O–H groups in total. The van der Waals surface area contributed by atoms with Gasteiger partial charge in [-0.25, -0.2) is 4.39 Å². The van der Waals surface area contributed by atoms with E-state index in [-0.39, 0.29) is 23.4 Å². The number of nitrogens with one attached hydrogen (secondary N) is 2. The minimum atomic E-state index is -0.289. The summed E-state index contributed by atoms with van der Waals surface area (Å²) in [4.78, 5) is 15.1. The van der Waals surface area contributed by atoms with Gasteiger partial charge in [0.25, 0.3) is 5.91 Å². The SMILES string of the molecule is O=C(c1cc2n(n1)CC1(CCNCC1)OC2)N1CCNCC1c1cccc(F)c1. The van der Waals surface area contributed by atoms with Gasteiger partial charge in [-0.15, -0.1) is 0 Å². The zero-order valence-electron chi connectivity index (χ0n) is 16.4. The van der Waals surface area contributed by atoms with Crippen molar-refractivity contribution in [2.24, 2.45) is 0 Å². The topological polar surface area (TPSA) is 71.4 Å². The second kappa shape index (κ2) is 7.51. The molecule has 0 radical (unpaired) electrons. The van der Waals surface area contributed by atoms with Crippen LogP contribution in [0.25, 0.3) is 0 Å². The summed E-state index contributed by atoms with van der Waals surface area (Å²) < 4.78 is 21.9. The van der Waals surface area contributed by atoms with Crippen molar-refractivity contribution in [1.29, 1.82) is 0 Å². The smallest absolute Gasteiger partial charge is 0.274 e. The summed E-state index contributed by atoms with van der Waals surface area (Å²) in [5.74, 6) is -0.399. The largest absolute Gasteiger partial charge is 0.367 e. The van der Waals surface area contributed by atoms with E-state index in [1.54, 1.807) is 11.0 Å². The van der Waals surface area contributed by atoms with Crippen LogP contribution in [0.4, 0.5) is 4.39 Å². The van der Waals surface area contributed by atoms with Gasteiger partial charge in [0.15, 0.2) is 5.69 Å². The van der Waals surface area contributed by atoms with E-state index < -0.39 is 0 Å². The van der Waals surface area contributed by atoms with Crippen LogP contribution >= 0.6 is 0 Å². The van der Waals surface area contributed by atoms with Crippen LogP contribution in [0.2, 0.25) is 0 Å². The highest BCUT2D eigenvalue weighted by Gasteiger charge is 2.39. The number of hydrogen-bond donors (Lipinski definition) is 2. The lowest BCUT2D eigenvalue weighted by Gasteiger charge is -2.40. The Morgan fingerprint density at radius 2 is 2.07 bits per heavy atom. The lowest BCUT2D eigenvalue weighted by molar-refractivity contribution is -0.109. The average Bonchev–Trinajstić information content (AvgIpc) is 3.17. The summed E-state index contributed by atoms with van der Waals surface area (Å²) in [6.45, 7) is 4.93. The number of carbonyl (C=O) groups excluding carboxylic acids is 1. The first-order chi connectivity index (χ1) is 14.1. The number of halogens is 1. The molecule has 4 heterocycles. The molecule has 0 saturated carbocycles. The normalized spacial score (nSPS) is 23.8. The maximum Gasteiger partial charge on any atom is 0.274 e. The molecule has 1 aromatic carbocycles. The molecule has 1 atom stereocenters. The summed E-state index contributed by atoms with van der Waals surface area (Å²) in [5.41, 5.74) is 2.00. The van der Waals surface area contributed by atoms with Gasteiger partial charge in [-0.05, 0) is 49.7 Å². The van der Waals surface area contributed by atoms with Crippen LogP contribution in [0.15, 0.2) is 30.3 Å². The van der Waals surface area contributed by atoms with Crippen LogP contribution < -0.4 is 10.6 Å². The number of piperidine rings is 1. The molecular weight excluding hydrogens is 373 g/mol. The first-order valence-electron chi connectivity index (χ1n) is 10.3. The zero-order chi connectivity index (χ0) is 19.8. The molecule has 5 rings (SSSR count). The third-order valence-corrected chi connectivity index (χ3v) is 6.30. The number of ether oxygens (including phenoxy) is 1. The van der Waals surface area contributed by atoms with E-state index in [0.29, 0.717) is 38.5 Å². The molecule has 0 bridgehead atoms. The third-order valence-electron chi connectivity index (χ3n) is 6.30. The highest BCUT2D eigenvalue weighted by atomic mass is 19.1. The summed E-state index contributed by atoms with van der Waals surface area (Å²) >= 11 is 0. The molecule has 1 aromatic heterocycles. The third kappa shape index (κ3) is 3.56. The summed E-state index contributed by atoms with van der Waals surface area (Å²) in [6, 6.07) is 8.12. The van der Waals surface area contributed by atoms with Gasteiger partial charge in [0.1, 0.15) is 5.82 Å². The first kappa shape index (κ1) is 18.7. The van der Waals surface area contributed by atoms with Gasteiger partial charge in [0, 0.05) is 19.6 Å². The highest BCUT2D eigenvalue weighted by Crippen LogP contribution is 2.32. The molecule has 2 aromatic rings. The minimum absolute atomic E-state index is 0.109. The molecule has 1 spiro atoms. The molecule has 7 nitrogen and oxygen atoms in total. The maximum absolute atomic E-state index is 13.7. The van der Waals surface area contributed by atoms with Crippen LogP contribution in [-0.4, -0.2) is 58.9 Å². The number of aromatic nitrogens is 2. The molecule has 3 aliphatic heterocycles. The predicted molar refractivity (Wildman–Crippen MR) is 105 cm³/mol. The van der Waals surface area contributed by atoms with Crippen molar-refractivity contribution in [3.8, 4) is 0 Å². The second-order valence-electron chi connectivity index (χ2n) is 8.17. The number of carbonyl (C=O) groups is 1. The van der Waals surface area contributed by atoms with Crippen molar-refractivity contribution in [3.63, 3.8) is 0 Å². The predicted octanol–water partition coefficient (Wildman–Crippen LogP) is 1.46. The van der Waals surface area contributed by atoms with Crippen molar-refractivity contribution in [2.45, 2.75) is 37.6 Å². The Hall–Kier alpha value is -2.29. The fourth-order valence-electron chi connectivity index (χ4n) is 4.65. The standard InChI is InChI=1S/C21H26FN5O2/c22-16-3-1-2-15(10-16)19-12-24-8-9-26(19)20(28)18-11-17-13-29-21(14-27(17)25-18)4-6-23-7-5-21/h1-3,10-11,19,23-24H,4-9,12-14H2. The van der Waals surface area contributed by atoms with Gasteiger partial charge < -0.3 is 20.3 Å². The molecule has 29 heavy (non-hydrogen) atoms. The number of amides is 1. The van der Waals surface area contributed by atoms with Crippen molar-refractivity contribution in [1.82, 2.24) is 25.3 Å². The Morgan fingerprint density at radius 1 is 1.21 bits per heavy atom. The fraction of sp³-hybridized carbons (Fsp3) is 0.524. The summed E-state index contributed by atoms with van der Waals surface area (Å²) in [7, 11) is 0. The second-order valence-corrected chi connectivity index (χ2v) is 8.17. The Kier molecular flexibility index (Phi) is 4.85. The Morgan fingerprint density at radius 3 is 2.90 bits per heavy atom. The van der Waals surface area contributed by atoms with Crippen LogP contribution in [-0.2, 0) is 17.9 Å². The minimum Gasteiger partial charge on any atom is -0.367 e. The van der Waals surface area contributed by atoms with E-state index in [4.69, 9.17) is 4.74 Å². The van der Waals surface area contributed by atoms with E-state index in [2.05, 4.69) is 15.7 Å². The molecule has 8 heteroatoms. The number of benzene rings is 1. The molecule has 1 unspecified atom stereocenters. The first-order valence-corrected chi connectivity index (χ1v) is 10.3. The Labute approximate surface area is 169 Å². The molecule has 0 aliphatic carbocycles. The molecule has 1 amide bonds. The summed E-state index contributed by atoms with van der Waals surface area (Å²) in [5, 5.41) is 11.3. The van der Waals surface area contributed by atoms with E-state index in [1.807, 2.05) is 16.8 Å². The average molecular weight is 399 g/mol. The van der Waals surface area contributed by atoms with Gasteiger partial charge >= 0.3 is 0 Å². The Bertz CT molecular complexity index is 908. The van der Waals surface area contributed by atoms with Crippen LogP contribution in [0.3, 0.4) is 0 Å². The van der Waals surface area contributed by atoms with Gasteiger partial charge in [0.2, 0.25) is 0 Å². The van der Waals surface area contributed by atoms with Gasteiger partial charge in [-0.1, -0.05) is 12.1 Å². The number of nitrogens with zero attached hydrogens (tertiary/aromatic N) is 3. The number of rotatable bonds is 2. The maximum atomic E-state index is 13.7. The molecular formula is C21H26FN5O2. The summed E-state index contributed by atoms with van der Waals surface area (Å²) in [6.07, 6.45) is 1.91. The number of piperazine rings is 1. The highest BCUT2D eigenvalue weighted by molar-refractivity contribution is 5.92. The van der Waals surface area contributed by atoms with Crippen LogP contribution in [0, 0.1) is 5.82 Å². The zero-order valence-corrected chi connectivity index (χ0v) is 16.4. The van der Waals surface area contributed by atoms with Crippen molar-refractivity contribution in [3.05, 3.63) is 53.1 Å². The van der Waals surface area contributed by atoms with E-state index >= 15 is 0 Å². The van der Waals surface area contributed by atoms with E-state index in [1.165, 1.54) is 12.1 Å². The lowest BCUT2D eigenvalue weighted by Crippen LogP contribution is -2.49. The van der Waals surface area contributed by atoms with Crippen LogP contribution in [0.5, 0.6) is 0 Å². The van der Waals surface area contributed by atoms with Crippen molar-refractivity contribution < 1.29 is 13.9 Å². The Balaban J connectivity index is 1.39. The van der Waals surface area contributed by atoms with Crippen molar-refractivity contribution >= 4 is 5.91 Å². The van der Waals surface area contributed by atoms with Gasteiger partial charge in [-0.3, -0.25) is 9.48 Å². The molecule has 154 valence electrons. The fourth-order valence-corrected chi connectivity index (χ4v) is 4.65. The molecule has 3 aliphatic rings. The van der Waals surface area contributed by atoms with E-state index in [0.717, 1.165) is 37.2 Å². The lowest BCUT2D eigenvalue weighted by atomic mass is 9.91. The number of fused-ring (bicyclic) bond motifs is 1. The van der Waals surface area contributed by atoms with E-state index in [9.17, 15) is 9.18 Å².